The van der Waals surface area contributed by atoms with Gasteiger partial charge in [0.25, 0.3) is 7.82 Å². The fraction of sp³-hybridized carbons (Fsp3) is 0.875. The van der Waals surface area contributed by atoms with Gasteiger partial charge >= 0.3 is 11.9 Å². The smallest absolute Gasteiger partial charge is 0.306 e. The minimum atomic E-state index is -4.69. The fourth-order valence-electron chi connectivity index (χ4n) is 7.65. The number of hydrogen-bond donors (Lipinski definition) is 3. The highest BCUT2D eigenvalue weighted by atomic mass is 31.2. The molecule has 0 aromatic carbocycles. The van der Waals surface area contributed by atoms with Crippen LogP contribution < -0.4 is 4.89 Å². The molecule has 0 aliphatic heterocycles. The number of hydrogen-bond acceptors (Lipinski definition) is 11. The Balaban J connectivity index is 2.45. The Morgan fingerprint density at radius 3 is 1.84 bits per heavy atom. The highest BCUT2D eigenvalue weighted by Crippen LogP contribution is 2.39. The molecule has 0 saturated heterocycles. The van der Waals surface area contributed by atoms with Crippen LogP contribution in [0.15, 0.2) is 24.3 Å². The number of carbonyl (C=O) groups is 2. The summed E-state index contributed by atoms with van der Waals surface area (Å²) in [6.07, 6.45) is 31.5. The predicted octanol–water partition coefficient (Wildman–Crippen LogP) is 9.66. The van der Waals surface area contributed by atoms with Gasteiger partial charge in [-0.3, -0.25) is 14.2 Å². The number of allylic oxidation sites excluding steroid dienone is 2. The van der Waals surface area contributed by atoms with Crippen molar-refractivity contribution < 1.29 is 57.4 Å². The van der Waals surface area contributed by atoms with Crippen LogP contribution in [0.3, 0.4) is 0 Å². The van der Waals surface area contributed by atoms with Crippen LogP contribution in [-0.2, 0) is 32.7 Å². The van der Waals surface area contributed by atoms with Crippen LogP contribution in [0.25, 0.3) is 0 Å². The molecule has 13 heteroatoms. The van der Waals surface area contributed by atoms with E-state index in [2.05, 4.69) is 13.8 Å². The van der Waals surface area contributed by atoms with Crippen molar-refractivity contribution >= 4 is 19.8 Å². The average molecular weight is 888 g/mol. The van der Waals surface area contributed by atoms with Gasteiger partial charge in [0.2, 0.25) is 0 Å². The monoisotopic (exact) mass is 888 g/mol. The summed E-state index contributed by atoms with van der Waals surface area (Å²) in [7, 11) is 1.02. The van der Waals surface area contributed by atoms with Gasteiger partial charge < -0.3 is 43.2 Å². The van der Waals surface area contributed by atoms with Gasteiger partial charge in [-0.05, 0) is 38.0 Å². The van der Waals surface area contributed by atoms with Gasteiger partial charge in [0.15, 0.2) is 6.10 Å². The zero-order chi connectivity index (χ0) is 45.2. The van der Waals surface area contributed by atoms with Crippen LogP contribution in [0, 0.1) is 11.8 Å². The van der Waals surface area contributed by atoms with Gasteiger partial charge in [-0.2, -0.15) is 0 Å². The van der Waals surface area contributed by atoms with Crippen molar-refractivity contribution in [3.63, 3.8) is 0 Å². The maximum atomic E-state index is 12.8. The van der Waals surface area contributed by atoms with Crippen LogP contribution in [0.5, 0.6) is 0 Å². The molecule has 0 heterocycles. The van der Waals surface area contributed by atoms with E-state index >= 15 is 0 Å². The molecule has 0 radical (unpaired) electrons. The van der Waals surface area contributed by atoms with Gasteiger partial charge in [0.05, 0.1) is 46.1 Å². The number of likely N-dealkylation sites (N-methyl/N-ethyl adjacent to an activating group) is 1. The molecule has 12 nitrogen and oxygen atoms in total. The first-order valence-electron chi connectivity index (χ1n) is 24.3. The van der Waals surface area contributed by atoms with E-state index in [4.69, 9.17) is 18.5 Å². The number of phosphoric acid groups is 1. The number of esters is 2. The molecular formula is C48H90NO11P. The number of ether oxygens (including phenoxy) is 2. The topological polar surface area (TPSA) is 172 Å². The third-order valence-corrected chi connectivity index (χ3v) is 12.5. The molecule has 0 amide bonds. The van der Waals surface area contributed by atoms with Gasteiger partial charge in [-0.1, -0.05) is 160 Å². The first kappa shape index (κ1) is 57.4. The molecule has 61 heavy (non-hydrogen) atoms. The van der Waals surface area contributed by atoms with Crippen molar-refractivity contribution in [1.29, 1.82) is 0 Å². The normalized spacial score (nSPS) is 20.3. The van der Waals surface area contributed by atoms with E-state index in [-0.39, 0.29) is 44.3 Å². The summed E-state index contributed by atoms with van der Waals surface area (Å²) in [5.74, 6) is -1.44. The molecule has 1 aliphatic carbocycles. The lowest BCUT2D eigenvalue weighted by atomic mass is 9.89. The second kappa shape index (κ2) is 35.7. The number of aliphatic hydroxyl groups is 3. The lowest BCUT2D eigenvalue weighted by Crippen LogP contribution is -2.37. The van der Waals surface area contributed by atoms with E-state index < -0.39 is 50.8 Å². The molecule has 1 aliphatic rings. The van der Waals surface area contributed by atoms with Crippen molar-refractivity contribution in [2.75, 3.05) is 47.5 Å². The SMILES string of the molecule is CCCCCCCCCCCCCCCCCCCC(=O)OC[C@H](COP(=O)([O-])OCC[N+](C)(C)C)OC(=O)CCC/C=C/C[C@@H]1[C@@H](/C=C/[C@@H](O)CCCCC)[C@H](O)C[C@@H]1O. The summed E-state index contributed by atoms with van der Waals surface area (Å²) in [6, 6.07) is 0. The predicted molar refractivity (Wildman–Crippen MR) is 243 cm³/mol. The second-order valence-corrected chi connectivity index (χ2v) is 19.9. The Hall–Kier alpha value is -1.63. The van der Waals surface area contributed by atoms with E-state index in [1.54, 1.807) is 6.08 Å². The standard InChI is InChI=1S/C48H90NO11P/c1-6-8-10-11-12-13-14-15-16-17-18-19-20-21-22-23-28-32-47(53)57-39-42(40-59-61(55,56)58-37-36-49(3,4)5)60-48(54)33-29-25-24-27-31-43-44(46(52)38-45(43)51)35-34-41(50)30-26-9-7-2/h24,27,34-35,41-46,50-52H,6-23,25-26,28-33,36-40H2,1-5H3/b27-24+,35-34+/t41-,42+,43+,44+,45-,46+/m0/s1. The molecule has 1 unspecified atom stereocenters. The third kappa shape index (κ3) is 32.7. The van der Waals surface area contributed by atoms with Gasteiger partial charge in [-0.15, -0.1) is 0 Å². The molecule has 0 aromatic heterocycles. The van der Waals surface area contributed by atoms with Crippen LogP contribution >= 0.6 is 7.82 Å². The van der Waals surface area contributed by atoms with Crippen LogP contribution in [0.1, 0.15) is 187 Å². The molecule has 0 bridgehead atoms. The summed E-state index contributed by atoms with van der Waals surface area (Å²) >= 11 is 0. The summed E-state index contributed by atoms with van der Waals surface area (Å²) in [4.78, 5) is 37.8. The van der Waals surface area contributed by atoms with E-state index in [0.29, 0.717) is 43.1 Å². The van der Waals surface area contributed by atoms with E-state index in [0.717, 1.165) is 38.5 Å². The number of aliphatic hydroxyl groups excluding tert-OH is 3. The Morgan fingerprint density at radius 2 is 1.26 bits per heavy atom. The third-order valence-electron chi connectivity index (χ3n) is 11.5. The van der Waals surface area contributed by atoms with Crippen molar-refractivity contribution in [2.24, 2.45) is 11.8 Å². The largest absolute Gasteiger partial charge is 0.756 e. The van der Waals surface area contributed by atoms with Crippen LogP contribution in [0.4, 0.5) is 0 Å². The summed E-state index contributed by atoms with van der Waals surface area (Å²) in [5, 5.41) is 31.4. The Morgan fingerprint density at radius 1 is 0.721 bits per heavy atom. The highest BCUT2D eigenvalue weighted by Gasteiger charge is 2.39. The van der Waals surface area contributed by atoms with Crippen molar-refractivity contribution in [1.82, 2.24) is 0 Å². The zero-order valence-electron chi connectivity index (χ0n) is 39.2. The molecule has 1 rings (SSSR count). The van der Waals surface area contributed by atoms with Gasteiger partial charge in [-0.25, -0.2) is 0 Å². The Kier molecular flexibility index (Phi) is 33.6. The van der Waals surface area contributed by atoms with E-state index in [1.807, 2.05) is 39.4 Å². The van der Waals surface area contributed by atoms with Gasteiger partial charge in [0, 0.05) is 25.2 Å². The maximum absolute atomic E-state index is 12.8. The van der Waals surface area contributed by atoms with Crippen molar-refractivity contribution in [2.45, 2.75) is 212 Å². The van der Waals surface area contributed by atoms with Crippen LogP contribution in [0.2, 0.25) is 0 Å². The van der Waals surface area contributed by atoms with Crippen LogP contribution in [-0.4, -0.2) is 104 Å². The minimum Gasteiger partial charge on any atom is -0.756 e. The molecular weight excluding hydrogens is 797 g/mol. The second-order valence-electron chi connectivity index (χ2n) is 18.5. The number of quaternary nitrogens is 1. The molecule has 3 N–H and O–H groups in total. The zero-order valence-corrected chi connectivity index (χ0v) is 40.1. The molecule has 1 saturated carbocycles. The first-order valence-corrected chi connectivity index (χ1v) is 25.8. The van der Waals surface area contributed by atoms with E-state index in [1.165, 1.54) is 83.5 Å². The summed E-state index contributed by atoms with van der Waals surface area (Å²) < 4.78 is 33.9. The number of phosphoric ester groups is 1. The summed E-state index contributed by atoms with van der Waals surface area (Å²) in [6.45, 7) is 3.87. The van der Waals surface area contributed by atoms with Crippen molar-refractivity contribution in [3.8, 4) is 0 Å². The molecule has 0 spiro atoms. The molecule has 358 valence electrons. The lowest BCUT2D eigenvalue weighted by Gasteiger charge is -2.28. The van der Waals surface area contributed by atoms with Crippen molar-refractivity contribution in [3.05, 3.63) is 24.3 Å². The molecule has 7 atom stereocenters. The molecule has 0 aromatic rings. The molecule has 1 fully saturated rings. The number of rotatable bonds is 40. The Bertz CT molecular complexity index is 1210. The Labute approximate surface area is 371 Å². The quantitative estimate of drug-likeness (QED) is 0.0176. The summed E-state index contributed by atoms with van der Waals surface area (Å²) in [5.41, 5.74) is 0. The maximum Gasteiger partial charge on any atom is 0.306 e. The average Bonchev–Trinajstić information content (AvgIpc) is 3.47. The van der Waals surface area contributed by atoms with Gasteiger partial charge in [0.1, 0.15) is 19.8 Å². The number of nitrogens with zero attached hydrogens (tertiary/aromatic N) is 1. The highest BCUT2D eigenvalue weighted by molar-refractivity contribution is 7.45. The minimum absolute atomic E-state index is 0.0507. The number of unbranched alkanes of at least 4 members (excludes halogenated alkanes) is 19. The number of carbonyl (C=O) groups excluding carboxylic acids is 2. The first-order chi connectivity index (χ1) is 29.2. The fourth-order valence-corrected chi connectivity index (χ4v) is 8.38. The lowest BCUT2D eigenvalue weighted by molar-refractivity contribution is -0.870. The van der Waals surface area contributed by atoms with E-state index in [9.17, 15) is 34.4 Å².